The average molecular weight is 360 g/mol. The van der Waals surface area contributed by atoms with Gasteiger partial charge in [0, 0.05) is 36.2 Å². The van der Waals surface area contributed by atoms with Crippen LogP contribution in [-0.4, -0.2) is 50.1 Å². The first kappa shape index (κ1) is 18.5. The van der Waals surface area contributed by atoms with Crippen LogP contribution in [0.5, 0.6) is 5.75 Å². The second-order valence-corrected chi connectivity index (χ2v) is 6.41. The van der Waals surface area contributed by atoms with Crippen LogP contribution in [0.2, 0.25) is 5.02 Å². The molecule has 0 bridgehead atoms. The van der Waals surface area contributed by atoms with E-state index in [0.29, 0.717) is 10.6 Å². The number of rotatable bonds is 3. The Bertz CT molecular complexity index is 573. The lowest BCUT2D eigenvalue weighted by atomic mass is 9.78. The van der Waals surface area contributed by atoms with Gasteiger partial charge >= 0.3 is 0 Å². The van der Waals surface area contributed by atoms with Gasteiger partial charge in [-0.25, -0.2) is 0 Å². The Hall–Kier alpha value is -0.810. The van der Waals surface area contributed by atoms with Gasteiger partial charge in [0.2, 0.25) is 0 Å². The van der Waals surface area contributed by atoms with E-state index in [1.165, 1.54) is 0 Å². The van der Waals surface area contributed by atoms with Gasteiger partial charge in [-0.3, -0.25) is 9.69 Å². The van der Waals surface area contributed by atoms with Crippen molar-refractivity contribution in [3.63, 3.8) is 0 Å². The summed E-state index contributed by atoms with van der Waals surface area (Å²) in [5.41, 5.74) is 1.63. The Morgan fingerprint density at radius 1 is 1.35 bits per heavy atom. The standard InChI is InChI=1S/C17H22ClNO3.ClH/c1-11(19-7-9-22-10-8-19)12-3-4-13-15(21-2)6-5-14(18)16(13)17(12)20;/h5-6,11-12H,3-4,7-10H2,1-2H3;1H. The van der Waals surface area contributed by atoms with Crippen molar-refractivity contribution in [1.29, 1.82) is 0 Å². The van der Waals surface area contributed by atoms with Crippen LogP contribution in [-0.2, 0) is 11.2 Å². The Labute approximate surface area is 148 Å². The lowest BCUT2D eigenvalue weighted by Crippen LogP contribution is -2.48. The summed E-state index contributed by atoms with van der Waals surface area (Å²) in [7, 11) is 1.64. The molecule has 1 heterocycles. The number of hydrogen-bond donors (Lipinski definition) is 0. The van der Waals surface area contributed by atoms with Crippen LogP contribution in [0.3, 0.4) is 0 Å². The zero-order valence-corrected chi connectivity index (χ0v) is 15.1. The van der Waals surface area contributed by atoms with Gasteiger partial charge in [0.25, 0.3) is 0 Å². The maximum absolute atomic E-state index is 13.0. The SMILES string of the molecule is COc1ccc(Cl)c2c1CCC(C(C)N1CCOCC1)C2=O.Cl. The number of nitrogens with zero attached hydrogens (tertiary/aromatic N) is 1. The Morgan fingerprint density at radius 2 is 2.04 bits per heavy atom. The molecule has 2 unspecified atom stereocenters. The molecule has 1 saturated heterocycles. The summed E-state index contributed by atoms with van der Waals surface area (Å²) in [5, 5.41) is 0.541. The second-order valence-electron chi connectivity index (χ2n) is 6.00. The molecule has 0 N–H and O–H groups in total. The average Bonchev–Trinajstić information content (AvgIpc) is 2.55. The maximum Gasteiger partial charge on any atom is 0.169 e. The van der Waals surface area contributed by atoms with Crippen LogP contribution >= 0.6 is 24.0 Å². The maximum atomic E-state index is 13.0. The number of Topliss-reactive ketones (excluding diaryl/α,β-unsaturated/α-hetero) is 1. The van der Waals surface area contributed by atoms with Gasteiger partial charge in [0.1, 0.15) is 5.75 Å². The minimum Gasteiger partial charge on any atom is -0.496 e. The number of hydrogen-bond acceptors (Lipinski definition) is 4. The molecule has 2 atom stereocenters. The molecule has 1 aromatic carbocycles. The molecule has 4 nitrogen and oxygen atoms in total. The van der Waals surface area contributed by atoms with Crippen LogP contribution in [0.15, 0.2) is 12.1 Å². The fraction of sp³-hybridized carbons (Fsp3) is 0.588. The number of morpholine rings is 1. The quantitative estimate of drug-likeness (QED) is 0.830. The van der Waals surface area contributed by atoms with E-state index in [0.717, 1.165) is 50.5 Å². The van der Waals surface area contributed by atoms with E-state index in [-0.39, 0.29) is 30.2 Å². The third kappa shape index (κ3) is 3.50. The molecule has 1 aliphatic heterocycles. The van der Waals surface area contributed by atoms with Crippen molar-refractivity contribution in [3.8, 4) is 5.75 Å². The van der Waals surface area contributed by atoms with Crippen molar-refractivity contribution in [2.75, 3.05) is 33.4 Å². The van der Waals surface area contributed by atoms with E-state index in [1.54, 1.807) is 13.2 Å². The second kappa shape index (κ2) is 7.84. The van der Waals surface area contributed by atoms with Gasteiger partial charge in [-0.2, -0.15) is 0 Å². The lowest BCUT2D eigenvalue weighted by Gasteiger charge is -2.38. The Balaban J connectivity index is 0.00000192. The minimum atomic E-state index is -0.00444. The highest BCUT2D eigenvalue weighted by Gasteiger charge is 2.36. The van der Waals surface area contributed by atoms with Crippen molar-refractivity contribution in [3.05, 3.63) is 28.3 Å². The van der Waals surface area contributed by atoms with Crippen molar-refractivity contribution in [2.45, 2.75) is 25.8 Å². The Kier molecular flexibility index (Phi) is 6.32. The highest BCUT2D eigenvalue weighted by Crippen LogP contribution is 2.38. The van der Waals surface area contributed by atoms with Gasteiger partial charge in [0.15, 0.2) is 5.78 Å². The summed E-state index contributed by atoms with van der Waals surface area (Å²) in [5.74, 6) is 0.921. The number of carbonyl (C=O) groups excluding carboxylic acids is 1. The summed E-state index contributed by atoms with van der Waals surface area (Å²) in [4.78, 5) is 15.3. The summed E-state index contributed by atoms with van der Waals surface area (Å²) in [6, 6.07) is 3.82. The first-order valence-corrected chi connectivity index (χ1v) is 8.22. The van der Waals surface area contributed by atoms with Crippen LogP contribution in [0.25, 0.3) is 0 Å². The molecule has 0 amide bonds. The number of ether oxygens (including phenoxy) is 2. The van der Waals surface area contributed by atoms with Gasteiger partial charge in [-0.15, -0.1) is 12.4 Å². The predicted octanol–water partition coefficient (Wildman–Crippen LogP) is 3.24. The zero-order chi connectivity index (χ0) is 15.7. The highest BCUT2D eigenvalue weighted by atomic mass is 35.5. The molecule has 0 spiro atoms. The van der Waals surface area contributed by atoms with E-state index in [4.69, 9.17) is 21.1 Å². The normalized spacial score (nSPS) is 22.9. The number of ketones is 1. The minimum absolute atomic E-state index is 0. The van der Waals surface area contributed by atoms with E-state index >= 15 is 0 Å². The molecule has 1 aromatic rings. The number of fused-ring (bicyclic) bond motifs is 1. The molecular weight excluding hydrogens is 337 g/mol. The number of benzene rings is 1. The largest absolute Gasteiger partial charge is 0.496 e. The summed E-state index contributed by atoms with van der Waals surface area (Å²) >= 11 is 6.31. The predicted molar refractivity (Wildman–Crippen MR) is 93.2 cm³/mol. The van der Waals surface area contributed by atoms with Crippen molar-refractivity contribution in [1.82, 2.24) is 4.90 Å². The lowest BCUT2D eigenvalue weighted by molar-refractivity contribution is 0.00694. The highest BCUT2D eigenvalue weighted by molar-refractivity contribution is 6.34. The molecule has 2 aliphatic rings. The summed E-state index contributed by atoms with van der Waals surface area (Å²) < 4.78 is 10.8. The number of carbonyl (C=O) groups is 1. The molecule has 6 heteroatoms. The fourth-order valence-corrected chi connectivity index (χ4v) is 3.89. The molecule has 0 aromatic heterocycles. The van der Waals surface area contributed by atoms with Gasteiger partial charge in [-0.1, -0.05) is 11.6 Å². The smallest absolute Gasteiger partial charge is 0.169 e. The first-order valence-electron chi connectivity index (χ1n) is 7.85. The van der Waals surface area contributed by atoms with E-state index in [9.17, 15) is 4.79 Å². The van der Waals surface area contributed by atoms with E-state index in [1.807, 2.05) is 6.07 Å². The molecule has 1 aliphatic carbocycles. The molecule has 23 heavy (non-hydrogen) atoms. The van der Waals surface area contributed by atoms with Crippen molar-refractivity contribution < 1.29 is 14.3 Å². The summed E-state index contributed by atoms with van der Waals surface area (Å²) in [6.45, 7) is 5.42. The first-order chi connectivity index (χ1) is 10.6. The molecule has 0 saturated carbocycles. The molecule has 1 fully saturated rings. The van der Waals surface area contributed by atoms with E-state index < -0.39 is 0 Å². The van der Waals surface area contributed by atoms with Gasteiger partial charge < -0.3 is 9.47 Å². The van der Waals surface area contributed by atoms with Crippen molar-refractivity contribution >= 4 is 29.8 Å². The van der Waals surface area contributed by atoms with Gasteiger partial charge in [-0.05, 0) is 31.9 Å². The van der Waals surface area contributed by atoms with Crippen LogP contribution < -0.4 is 4.74 Å². The van der Waals surface area contributed by atoms with Crippen LogP contribution in [0.1, 0.15) is 29.3 Å². The number of methoxy groups -OCH3 is 1. The molecule has 0 radical (unpaired) electrons. The third-order valence-corrected chi connectivity index (χ3v) is 5.25. The van der Waals surface area contributed by atoms with Crippen LogP contribution in [0, 0.1) is 5.92 Å². The van der Waals surface area contributed by atoms with Crippen molar-refractivity contribution in [2.24, 2.45) is 5.92 Å². The Morgan fingerprint density at radius 3 is 2.70 bits per heavy atom. The van der Waals surface area contributed by atoms with E-state index in [2.05, 4.69) is 11.8 Å². The monoisotopic (exact) mass is 359 g/mol. The molecular formula is C17H23Cl2NO3. The van der Waals surface area contributed by atoms with Gasteiger partial charge in [0.05, 0.1) is 25.3 Å². The molecule has 128 valence electrons. The molecule has 3 rings (SSSR count). The third-order valence-electron chi connectivity index (χ3n) is 4.93. The fourth-order valence-electron chi connectivity index (χ4n) is 3.62. The van der Waals surface area contributed by atoms with Crippen LogP contribution in [0.4, 0.5) is 0 Å². The zero-order valence-electron chi connectivity index (χ0n) is 13.5. The number of halogens is 2. The summed E-state index contributed by atoms with van der Waals surface area (Å²) in [6.07, 6.45) is 1.69. The topological polar surface area (TPSA) is 38.8 Å².